The van der Waals surface area contributed by atoms with Crippen molar-refractivity contribution in [3.63, 3.8) is 0 Å². The number of hydrogen-bond donors (Lipinski definition) is 0. The van der Waals surface area contributed by atoms with Gasteiger partial charge in [-0.1, -0.05) is 11.6 Å². The van der Waals surface area contributed by atoms with E-state index in [1.54, 1.807) is 10.9 Å². The van der Waals surface area contributed by atoms with Crippen molar-refractivity contribution in [2.75, 3.05) is 0 Å². The first-order valence-corrected chi connectivity index (χ1v) is 4.87. The van der Waals surface area contributed by atoms with Gasteiger partial charge in [0.05, 0.1) is 24.6 Å². The van der Waals surface area contributed by atoms with Crippen LogP contribution in [-0.4, -0.2) is 24.7 Å². The molecule has 0 spiro atoms. The summed E-state index contributed by atoms with van der Waals surface area (Å²) in [5.74, 6) is 1.62. The van der Waals surface area contributed by atoms with Crippen LogP contribution in [0.2, 0.25) is 5.15 Å². The largest absolute Gasteiger partial charge is 0.254 e. The fourth-order valence-corrected chi connectivity index (χ4v) is 1.38. The van der Waals surface area contributed by atoms with Gasteiger partial charge in [-0.15, -0.1) is 0 Å². The summed E-state index contributed by atoms with van der Waals surface area (Å²) in [4.78, 5) is 12.3. The van der Waals surface area contributed by atoms with Gasteiger partial charge in [0.25, 0.3) is 0 Å². The van der Waals surface area contributed by atoms with Gasteiger partial charge < -0.3 is 0 Å². The second-order valence-electron chi connectivity index (χ2n) is 3.19. The predicted molar refractivity (Wildman–Crippen MR) is 55.6 cm³/mol. The Labute approximate surface area is 92.2 Å². The van der Waals surface area contributed by atoms with Crippen LogP contribution < -0.4 is 0 Å². The molecule has 2 heterocycles. The van der Waals surface area contributed by atoms with Crippen molar-refractivity contribution in [1.29, 1.82) is 0 Å². The molecule has 0 atom stereocenters. The number of aryl methyl sites for hydroxylation is 2. The van der Waals surface area contributed by atoms with Crippen LogP contribution in [0.15, 0.2) is 12.4 Å². The minimum Gasteiger partial charge on any atom is -0.254 e. The zero-order valence-corrected chi connectivity index (χ0v) is 9.23. The normalized spacial score (nSPS) is 10.6. The number of rotatable bonds is 2. The van der Waals surface area contributed by atoms with Crippen LogP contribution in [0.1, 0.15) is 17.3 Å². The summed E-state index contributed by atoms with van der Waals surface area (Å²) in [5.41, 5.74) is 0.812. The zero-order valence-electron chi connectivity index (χ0n) is 8.48. The highest BCUT2D eigenvalue weighted by Crippen LogP contribution is 2.04. The van der Waals surface area contributed by atoms with Crippen molar-refractivity contribution in [1.82, 2.24) is 24.7 Å². The van der Waals surface area contributed by atoms with Crippen LogP contribution in [0.3, 0.4) is 0 Å². The van der Waals surface area contributed by atoms with Gasteiger partial charge in [0.1, 0.15) is 16.8 Å². The standard InChI is InChI=1S/C9H10ClN5/c1-6-13-7(2)15(14-6)5-8-3-12-9(10)4-11-8/h3-4H,5H2,1-2H3. The van der Waals surface area contributed by atoms with Crippen LogP contribution >= 0.6 is 11.6 Å². The average molecular weight is 224 g/mol. The Kier molecular flexibility index (Phi) is 2.64. The SMILES string of the molecule is Cc1nc(C)n(Cc2cnc(Cl)cn2)n1. The number of nitrogens with zero attached hydrogens (tertiary/aromatic N) is 5. The first kappa shape index (κ1) is 10.0. The summed E-state index contributed by atoms with van der Waals surface area (Å²) in [6.45, 7) is 4.33. The first-order chi connectivity index (χ1) is 7.15. The van der Waals surface area contributed by atoms with Crippen LogP contribution in [0.25, 0.3) is 0 Å². The highest BCUT2D eigenvalue weighted by Gasteiger charge is 2.04. The van der Waals surface area contributed by atoms with Crippen molar-refractivity contribution >= 4 is 11.6 Å². The van der Waals surface area contributed by atoms with Gasteiger partial charge >= 0.3 is 0 Å². The predicted octanol–water partition coefficient (Wildman–Crippen LogP) is 1.39. The molecule has 0 N–H and O–H groups in total. The van der Waals surface area contributed by atoms with Crippen molar-refractivity contribution < 1.29 is 0 Å². The summed E-state index contributed by atoms with van der Waals surface area (Å²) in [6, 6.07) is 0. The molecule has 78 valence electrons. The van der Waals surface area contributed by atoms with Crippen LogP contribution in [0.5, 0.6) is 0 Å². The Morgan fingerprint density at radius 2 is 2.07 bits per heavy atom. The number of halogens is 1. The van der Waals surface area contributed by atoms with Crippen molar-refractivity contribution in [3.8, 4) is 0 Å². The molecule has 0 aliphatic carbocycles. The summed E-state index contributed by atoms with van der Waals surface area (Å²) in [6.07, 6.45) is 3.16. The highest BCUT2D eigenvalue weighted by molar-refractivity contribution is 6.29. The van der Waals surface area contributed by atoms with Gasteiger partial charge in [-0.2, -0.15) is 5.10 Å². The lowest BCUT2D eigenvalue weighted by molar-refractivity contribution is 0.642. The summed E-state index contributed by atoms with van der Waals surface area (Å²) in [7, 11) is 0. The van der Waals surface area contributed by atoms with Gasteiger partial charge in [-0.05, 0) is 13.8 Å². The molecule has 2 aromatic heterocycles. The topological polar surface area (TPSA) is 56.5 Å². The maximum absolute atomic E-state index is 5.64. The van der Waals surface area contributed by atoms with Gasteiger partial charge in [0.2, 0.25) is 0 Å². The lowest BCUT2D eigenvalue weighted by Crippen LogP contribution is -2.06. The fraction of sp³-hybridized carbons (Fsp3) is 0.333. The zero-order chi connectivity index (χ0) is 10.8. The molecule has 0 saturated heterocycles. The monoisotopic (exact) mass is 223 g/mol. The lowest BCUT2D eigenvalue weighted by atomic mass is 10.4. The summed E-state index contributed by atoms with van der Waals surface area (Å²) >= 11 is 5.64. The molecule has 0 aliphatic heterocycles. The Morgan fingerprint density at radius 1 is 1.27 bits per heavy atom. The molecule has 5 nitrogen and oxygen atoms in total. The molecule has 0 saturated carbocycles. The van der Waals surface area contributed by atoms with E-state index in [9.17, 15) is 0 Å². The van der Waals surface area contributed by atoms with Crippen LogP contribution in [0, 0.1) is 13.8 Å². The Morgan fingerprint density at radius 3 is 2.60 bits per heavy atom. The van der Waals surface area contributed by atoms with E-state index in [2.05, 4.69) is 20.1 Å². The van der Waals surface area contributed by atoms with E-state index in [-0.39, 0.29) is 0 Å². The molecule has 0 aliphatic rings. The molecule has 6 heteroatoms. The molecule has 0 radical (unpaired) electrons. The van der Waals surface area contributed by atoms with E-state index >= 15 is 0 Å². The first-order valence-electron chi connectivity index (χ1n) is 4.49. The molecule has 2 rings (SSSR count). The van der Waals surface area contributed by atoms with Gasteiger partial charge in [-0.25, -0.2) is 14.6 Å². The van der Waals surface area contributed by atoms with Crippen LogP contribution in [-0.2, 0) is 6.54 Å². The molecule has 15 heavy (non-hydrogen) atoms. The minimum atomic E-state index is 0.394. The molecule has 0 fully saturated rings. The smallest absolute Gasteiger partial charge is 0.147 e. The average Bonchev–Trinajstić information content (AvgIpc) is 2.49. The molecule has 2 aromatic rings. The van der Waals surface area contributed by atoms with E-state index in [0.29, 0.717) is 11.7 Å². The van der Waals surface area contributed by atoms with E-state index in [0.717, 1.165) is 17.3 Å². The Bertz CT molecular complexity index is 462. The van der Waals surface area contributed by atoms with Crippen molar-refractivity contribution in [2.45, 2.75) is 20.4 Å². The van der Waals surface area contributed by atoms with Crippen LogP contribution in [0.4, 0.5) is 0 Å². The van der Waals surface area contributed by atoms with E-state index in [1.807, 2.05) is 13.8 Å². The van der Waals surface area contributed by atoms with Gasteiger partial charge in [-0.3, -0.25) is 4.98 Å². The Hall–Kier alpha value is -1.49. The number of hydrogen-bond acceptors (Lipinski definition) is 4. The van der Waals surface area contributed by atoms with E-state index in [1.165, 1.54) is 6.20 Å². The number of aromatic nitrogens is 5. The molecular weight excluding hydrogens is 214 g/mol. The maximum atomic E-state index is 5.64. The van der Waals surface area contributed by atoms with Gasteiger partial charge in [0.15, 0.2) is 0 Å². The van der Waals surface area contributed by atoms with E-state index in [4.69, 9.17) is 11.6 Å². The fourth-order valence-electron chi connectivity index (χ4n) is 1.29. The van der Waals surface area contributed by atoms with Crippen molar-refractivity contribution in [3.05, 3.63) is 34.9 Å². The minimum absolute atomic E-state index is 0.394. The maximum Gasteiger partial charge on any atom is 0.147 e. The van der Waals surface area contributed by atoms with E-state index < -0.39 is 0 Å². The third kappa shape index (κ3) is 2.30. The molecule has 0 amide bonds. The second-order valence-corrected chi connectivity index (χ2v) is 3.58. The van der Waals surface area contributed by atoms with Crippen molar-refractivity contribution in [2.24, 2.45) is 0 Å². The third-order valence-electron chi connectivity index (χ3n) is 1.95. The quantitative estimate of drug-likeness (QED) is 0.772. The third-order valence-corrected chi connectivity index (χ3v) is 2.14. The second kappa shape index (κ2) is 3.94. The Balaban J connectivity index is 2.21. The summed E-state index contributed by atoms with van der Waals surface area (Å²) in [5, 5.41) is 4.63. The highest BCUT2D eigenvalue weighted by atomic mass is 35.5. The molecule has 0 aromatic carbocycles. The molecular formula is C9H10ClN5. The summed E-state index contributed by atoms with van der Waals surface area (Å²) < 4.78 is 1.78. The lowest BCUT2D eigenvalue weighted by Gasteiger charge is -2.01. The molecule has 0 bridgehead atoms. The van der Waals surface area contributed by atoms with Gasteiger partial charge in [0, 0.05) is 0 Å². The molecule has 0 unspecified atom stereocenters.